The minimum atomic E-state index is -4.71. The number of halogens is 4. The quantitative estimate of drug-likeness (QED) is 0.713. The first-order valence-electron chi connectivity index (χ1n) is 3.26. The van der Waals surface area contributed by atoms with E-state index in [-0.39, 0.29) is 5.02 Å². The van der Waals surface area contributed by atoms with Crippen molar-refractivity contribution >= 4 is 11.6 Å². The Morgan fingerprint density at radius 1 is 1.46 bits per heavy atom. The molecule has 72 valence electrons. The zero-order valence-electron chi connectivity index (χ0n) is 6.52. The van der Waals surface area contributed by atoms with E-state index >= 15 is 0 Å². The van der Waals surface area contributed by atoms with Crippen molar-refractivity contribution in [3.63, 3.8) is 0 Å². The zero-order chi connectivity index (χ0) is 10.1. The summed E-state index contributed by atoms with van der Waals surface area (Å²) in [4.78, 5) is 3.61. The van der Waals surface area contributed by atoms with E-state index in [4.69, 9.17) is 11.6 Å². The summed E-state index contributed by atoms with van der Waals surface area (Å²) in [6.45, 7) is 1.58. The van der Waals surface area contributed by atoms with Crippen LogP contribution in [-0.2, 0) is 0 Å². The van der Waals surface area contributed by atoms with Gasteiger partial charge in [0.25, 0.3) is 0 Å². The maximum absolute atomic E-state index is 11.7. The smallest absolute Gasteiger partial charge is 0.404 e. The van der Waals surface area contributed by atoms with Crippen LogP contribution in [0.15, 0.2) is 12.3 Å². The average molecular weight is 212 g/mol. The molecule has 0 aromatic carbocycles. The van der Waals surface area contributed by atoms with E-state index in [9.17, 15) is 13.2 Å². The number of aromatic nitrogens is 1. The molecule has 0 atom stereocenters. The molecule has 0 saturated heterocycles. The molecule has 0 bridgehead atoms. The molecule has 0 radical (unpaired) electrons. The van der Waals surface area contributed by atoms with Crippen molar-refractivity contribution in [1.29, 1.82) is 0 Å². The highest BCUT2D eigenvalue weighted by Gasteiger charge is 2.31. The molecule has 0 aliphatic rings. The highest BCUT2D eigenvalue weighted by molar-refractivity contribution is 6.31. The van der Waals surface area contributed by atoms with Gasteiger partial charge in [-0.25, -0.2) is 0 Å². The number of pyridine rings is 1. The molecule has 0 fully saturated rings. The molecule has 0 saturated carbocycles. The van der Waals surface area contributed by atoms with E-state index in [2.05, 4.69) is 9.72 Å². The molecular formula is C7H5ClF3NO. The van der Waals surface area contributed by atoms with Crippen molar-refractivity contribution < 1.29 is 17.9 Å². The molecule has 0 aliphatic carbocycles. The van der Waals surface area contributed by atoms with Crippen molar-refractivity contribution in [2.24, 2.45) is 0 Å². The minimum Gasteiger partial charge on any atom is -0.404 e. The van der Waals surface area contributed by atoms with E-state index in [1.54, 1.807) is 6.92 Å². The second-order valence-corrected chi connectivity index (χ2v) is 2.69. The normalized spacial score (nSPS) is 11.5. The summed E-state index contributed by atoms with van der Waals surface area (Å²) in [5.41, 5.74) is 0.455. The van der Waals surface area contributed by atoms with Gasteiger partial charge in [-0.05, 0) is 6.92 Å². The highest BCUT2D eigenvalue weighted by atomic mass is 35.5. The Labute approximate surface area is 77.3 Å². The monoisotopic (exact) mass is 211 g/mol. The lowest BCUT2D eigenvalue weighted by Gasteiger charge is -2.08. The van der Waals surface area contributed by atoms with Crippen molar-refractivity contribution in [2.45, 2.75) is 13.3 Å². The Kier molecular flexibility index (Phi) is 2.66. The second-order valence-electron chi connectivity index (χ2n) is 2.29. The fourth-order valence-electron chi connectivity index (χ4n) is 0.678. The van der Waals surface area contributed by atoms with E-state index < -0.39 is 12.1 Å². The van der Waals surface area contributed by atoms with Gasteiger partial charge < -0.3 is 4.74 Å². The first kappa shape index (κ1) is 10.1. The largest absolute Gasteiger partial charge is 0.573 e. The number of alkyl halides is 3. The van der Waals surface area contributed by atoms with Crippen LogP contribution >= 0.6 is 11.6 Å². The number of aryl methyl sites for hydroxylation is 1. The molecule has 1 aromatic heterocycles. The summed E-state index contributed by atoms with van der Waals surface area (Å²) in [6, 6.07) is 1.07. The molecular weight excluding hydrogens is 207 g/mol. The number of ether oxygens (including phenoxy) is 1. The van der Waals surface area contributed by atoms with Crippen molar-refractivity contribution in [2.75, 3.05) is 0 Å². The molecule has 13 heavy (non-hydrogen) atoms. The molecule has 2 nitrogen and oxygen atoms in total. The summed E-state index contributed by atoms with van der Waals surface area (Å²) in [5, 5.41) is 0.141. The van der Waals surface area contributed by atoms with Crippen LogP contribution < -0.4 is 4.74 Å². The van der Waals surface area contributed by atoms with Crippen LogP contribution in [0, 0.1) is 6.92 Å². The molecule has 1 aromatic rings. The first-order chi connectivity index (χ1) is 5.88. The first-order valence-corrected chi connectivity index (χ1v) is 3.64. The lowest BCUT2D eigenvalue weighted by Crippen LogP contribution is -2.17. The lowest BCUT2D eigenvalue weighted by atomic mass is 10.4. The van der Waals surface area contributed by atoms with Gasteiger partial charge in [0.05, 0.1) is 16.9 Å². The van der Waals surface area contributed by atoms with E-state index in [1.807, 2.05) is 0 Å². The summed E-state index contributed by atoms with van der Waals surface area (Å²) < 4.78 is 38.6. The molecule has 6 heteroatoms. The third kappa shape index (κ3) is 3.10. The van der Waals surface area contributed by atoms with E-state index in [0.717, 1.165) is 12.3 Å². The summed E-state index contributed by atoms with van der Waals surface area (Å²) in [5.74, 6) is -0.414. The van der Waals surface area contributed by atoms with Gasteiger partial charge in [-0.15, -0.1) is 13.2 Å². The van der Waals surface area contributed by atoms with Crippen LogP contribution in [0.25, 0.3) is 0 Å². The van der Waals surface area contributed by atoms with Crippen LogP contribution in [0.2, 0.25) is 5.02 Å². The molecule has 0 aliphatic heterocycles. The van der Waals surface area contributed by atoms with Crippen molar-refractivity contribution in [1.82, 2.24) is 4.98 Å². The second kappa shape index (κ2) is 3.41. The number of rotatable bonds is 1. The number of hydrogen-bond donors (Lipinski definition) is 0. The summed E-state index contributed by atoms with van der Waals surface area (Å²) in [6.07, 6.45) is -3.74. The number of nitrogens with zero attached hydrogens (tertiary/aromatic N) is 1. The van der Waals surface area contributed by atoms with Gasteiger partial charge in [-0.3, -0.25) is 4.98 Å². The molecule has 1 heterocycles. The van der Waals surface area contributed by atoms with Gasteiger partial charge in [0, 0.05) is 6.07 Å². The van der Waals surface area contributed by atoms with Crippen LogP contribution in [-0.4, -0.2) is 11.3 Å². The van der Waals surface area contributed by atoms with E-state index in [0.29, 0.717) is 5.69 Å². The Hall–Kier alpha value is -0.970. The lowest BCUT2D eigenvalue weighted by molar-refractivity contribution is -0.274. The van der Waals surface area contributed by atoms with Gasteiger partial charge in [0.1, 0.15) is 5.75 Å². The SMILES string of the molecule is Cc1ncc(OC(F)(F)F)cc1Cl. The van der Waals surface area contributed by atoms with Crippen LogP contribution in [0.4, 0.5) is 13.2 Å². The highest BCUT2D eigenvalue weighted by Crippen LogP contribution is 2.25. The fraction of sp³-hybridized carbons (Fsp3) is 0.286. The molecule has 0 spiro atoms. The topological polar surface area (TPSA) is 22.1 Å². The number of hydrogen-bond acceptors (Lipinski definition) is 2. The predicted octanol–water partition coefficient (Wildman–Crippen LogP) is 2.94. The summed E-state index contributed by atoms with van der Waals surface area (Å²) in [7, 11) is 0. The fourth-order valence-corrected chi connectivity index (χ4v) is 0.834. The van der Waals surface area contributed by atoms with Gasteiger partial charge >= 0.3 is 6.36 Å². The van der Waals surface area contributed by atoms with Crippen LogP contribution in [0.3, 0.4) is 0 Å². The molecule has 0 amide bonds. The average Bonchev–Trinajstić information content (AvgIpc) is 1.94. The third-order valence-corrected chi connectivity index (χ3v) is 1.62. The van der Waals surface area contributed by atoms with Crippen LogP contribution in [0.5, 0.6) is 5.75 Å². The molecule has 1 rings (SSSR count). The third-order valence-electron chi connectivity index (χ3n) is 1.23. The standard InChI is InChI=1S/C7H5ClF3NO/c1-4-6(8)2-5(3-12-4)13-7(9,10)11/h2-3H,1H3. The maximum atomic E-state index is 11.7. The Bertz CT molecular complexity index is 313. The van der Waals surface area contributed by atoms with Gasteiger partial charge in [-0.2, -0.15) is 0 Å². The predicted molar refractivity (Wildman–Crippen MR) is 40.7 cm³/mol. The van der Waals surface area contributed by atoms with Gasteiger partial charge in [0.2, 0.25) is 0 Å². The summed E-state index contributed by atoms with van der Waals surface area (Å²) >= 11 is 5.53. The van der Waals surface area contributed by atoms with Crippen molar-refractivity contribution in [3.8, 4) is 5.75 Å². The maximum Gasteiger partial charge on any atom is 0.573 e. The van der Waals surface area contributed by atoms with Crippen LogP contribution in [0.1, 0.15) is 5.69 Å². The Morgan fingerprint density at radius 3 is 2.54 bits per heavy atom. The zero-order valence-corrected chi connectivity index (χ0v) is 7.28. The Morgan fingerprint density at radius 2 is 2.08 bits per heavy atom. The Balaban J connectivity index is 2.86. The molecule has 0 unspecified atom stereocenters. The van der Waals surface area contributed by atoms with E-state index in [1.165, 1.54) is 0 Å². The molecule has 0 N–H and O–H groups in total. The van der Waals surface area contributed by atoms with Gasteiger partial charge in [0.15, 0.2) is 0 Å². The van der Waals surface area contributed by atoms with Crippen molar-refractivity contribution in [3.05, 3.63) is 23.0 Å². The minimum absolute atomic E-state index is 0.141. The van der Waals surface area contributed by atoms with Gasteiger partial charge in [-0.1, -0.05) is 11.6 Å².